The van der Waals surface area contributed by atoms with Crippen LogP contribution in [0.1, 0.15) is 41.6 Å². The average Bonchev–Trinajstić information content (AvgIpc) is 3.06. The number of halogens is 2. The number of nitrogens with zero attached hydrogens (tertiary/aromatic N) is 1. The number of aliphatic imine (C=N–C) groups is 1. The van der Waals surface area contributed by atoms with Gasteiger partial charge in [0.2, 0.25) is 0 Å². The number of aryl methyl sites for hydroxylation is 2. The fourth-order valence-corrected chi connectivity index (χ4v) is 4.45. The second-order valence-corrected chi connectivity index (χ2v) is 7.74. The standard InChI is InChI=1S/C23H23F2N3/c24-18-12-17-16-4-1-5-20(23(16)28-22(17)13-19(18)25)27-10-8-14-6-7-15-3-2-9-26-21(15)11-14/h6-7,11-13,26,28H,1-5,8-10H2/b27-20+. The van der Waals surface area contributed by atoms with Crippen LogP contribution in [0, 0.1) is 11.6 Å². The third kappa shape index (κ3) is 3.09. The summed E-state index contributed by atoms with van der Waals surface area (Å²) in [5.74, 6) is -1.61. The molecule has 5 heteroatoms. The summed E-state index contributed by atoms with van der Waals surface area (Å²) in [7, 11) is 0. The fourth-order valence-electron chi connectivity index (χ4n) is 4.45. The molecule has 0 atom stereocenters. The lowest BCUT2D eigenvalue weighted by atomic mass is 9.94. The lowest BCUT2D eigenvalue weighted by Gasteiger charge is -2.18. The predicted molar refractivity (Wildman–Crippen MR) is 110 cm³/mol. The lowest BCUT2D eigenvalue weighted by molar-refractivity contribution is 0.511. The van der Waals surface area contributed by atoms with Crippen molar-refractivity contribution in [3.05, 3.63) is 64.4 Å². The Morgan fingerprint density at radius 2 is 1.86 bits per heavy atom. The van der Waals surface area contributed by atoms with Crippen LogP contribution in [-0.4, -0.2) is 23.8 Å². The highest BCUT2D eigenvalue weighted by Gasteiger charge is 2.21. The highest BCUT2D eigenvalue weighted by Crippen LogP contribution is 2.31. The number of H-pyrrole nitrogens is 1. The second kappa shape index (κ2) is 7.04. The Bertz CT molecular complexity index is 1080. The van der Waals surface area contributed by atoms with Crippen LogP contribution in [0.2, 0.25) is 0 Å². The maximum Gasteiger partial charge on any atom is 0.160 e. The Balaban J connectivity index is 1.38. The van der Waals surface area contributed by atoms with E-state index in [1.165, 1.54) is 35.4 Å². The van der Waals surface area contributed by atoms with E-state index in [0.29, 0.717) is 12.1 Å². The van der Waals surface area contributed by atoms with Crippen LogP contribution in [0.3, 0.4) is 0 Å². The van der Waals surface area contributed by atoms with Gasteiger partial charge in [0.05, 0.1) is 11.4 Å². The van der Waals surface area contributed by atoms with Gasteiger partial charge in [-0.3, -0.25) is 4.99 Å². The van der Waals surface area contributed by atoms with Gasteiger partial charge in [-0.25, -0.2) is 8.78 Å². The van der Waals surface area contributed by atoms with Gasteiger partial charge in [-0.15, -0.1) is 0 Å². The zero-order valence-electron chi connectivity index (χ0n) is 15.7. The van der Waals surface area contributed by atoms with Gasteiger partial charge >= 0.3 is 0 Å². The Morgan fingerprint density at radius 1 is 0.964 bits per heavy atom. The highest BCUT2D eigenvalue weighted by molar-refractivity contribution is 6.06. The number of rotatable bonds is 3. The Hall–Kier alpha value is -2.69. The summed E-state index contributed by atoms with van der Waals surface area (Å²) in [6.45, 7) is 1.76. The number of benzene rings is 2. The first-order chi connectivity index (χ1) is 13.7. The first kappa shape index (κ1) is 17.4. The maximum absolute atomic E-state index is 13.7. The van der Waals surface area contributed by atoms with Gasteiger partial charge in [0.15, 0.2) is 11.6 Å². The van der Waals surface area contributed by atoms with Gasteiger partial charge in [0, 0.05) is 35.7 Å². The topological polar surface area (TPSA) is 40.2 Å². The zero-order valence-corrected chi connectivity index (χ0v) is 15.7. The molecule has 2 N–H and O–H groups in total. The summed E-state index contributed by atoms with van der Waals surface area (Å²) in [4.78, 5) is 8.13. The van der Waals surface area contributed by atoms with E-state index in [9.17, 15) is 8.78 Å². The number of hydrogen-bond donors (Lipinski definition) is 2. The van der Waals surface area contributed by atoms with Crippen LogP contribution < -0.4 is 5.32 Å². The molecule has 0 bridgehead atoms. The first-order valence-electron chi connectivity index (χ1n) is 10.1. The van der Waals surface area contributed by atoms with Crippen LogP contribution in [0.15, 0.2) is 35.3 Å². The van der Waals surface area contributed by atoms with Crippen molar-refractivity contribution in [3.63, 3.8) is 0 Å². The summed E-state index contributed by atoms with van der Waals surface area (Å²) >= 11 is 0. The summed E-state index contributed by atoms with van der Waals surface area (Å²) in [5, 5.41) is 4.26. The van der Waals surface area contributed by atoms with Crippen molar-refractivity contribution in [3.8, 4) is 0 Å². The summed E-state index contributed by atoms with van der Waals surface area (Å²) in [6.07, 6.45) is 5.99. The third-order valence-corrected chi connectivity index (χ3v) is 5.89. The molecular weight excluding hydrogens is 356 g/mol. The van der Waals surface area contributed by atoms with Crippen molar-refractivity contribution in [2.75, 3.05) is 18.4 Å². The maximum atomic E-state index is 13.7. The monoisotopic (exact) mass is 379 g/mol. The SMILES string of the molecule is Fc1cc2[nH]c3c(c2cc1F)CCC/C3=N\CCc1ccc2c(c1)NCCC2. The van der Waals surface area contributed by atoms with E-state index in [1.807, 2.05) is 0 Å². The third-order valence-electron chi connectivity index (χ3n) is 5.89. The number of aromatic nitrogens is 1. The van der Waals surface area contributed by atoms with E-state index in [0.717, 1.165) is 61.0 Å². The number of aromatic amines is 1. The number of anilines is 1. The molecule has 28 heavy (non-hydrogen) atoms. The molecule has 0 saturated carbocycles. The molecule has 3 aromatic rings. The molecule has 1 aromatic heterocycles. The van der Waals surface area contributed by atoms with Crippen LogP contribution in [0.25, 0.3) is 10.9 Å². The van der Waals surface area contributed by atoms with E-state index in [-0.39, 0.29) is 0 Å². The molecule has 0 fully saturated rings. The molecule has 144 valence electrons. The van der Waals surface area contributed by atoms with E-state index in [1.54, 1.807) is 0 Å². The Morgan fingerprint density at radius 3 is 2.79 bits per heavy atom. The normalized spacial score (nSPS) is 17.4. The van der Waals surface area contributed by atoms with Gasteiger partial charge < -0.3 is 10.3 Å². The van der Waals surface area contributed by atoms with Crippen molar-refractivity contribution < 1.29 is 8.78 Å². The molecule has 0 spiro atoms. The Kier molecular flexibility index (Phi) is 4.38. The lowest BCUT2D eigenvalue weighted by Crippen LogP contribution is -2.13. The zero-order chi connectivity index (χ0) is 19.1. The molecule has 5 rings (SSSR count). The quantitative estimate of drug-likeness (QED) is 0.647. The van der Waals surface area contributed by atoms with Crippen LogP contribution in [-0.2, 0) is 19.3 Å². The molecule has 0 radical (unpaired) electrons. The van der Waals surface area contributed by atoms with Gasteiger partial charge in [-0.05, 0) is 67.3 Å². The van der Waals surface area contributed by atoms with Gasteiger partial charge in [0.25, 0.3) is 0 Å². The molecule has 0 amide bonds. The average molecular weight is 379 g/mol. The van der Waals surface area contributed by atoms with Gasteiger partial charge in [-0.1, -0.05) is 12.1 Å². The smallest absolute Gasteiger partial charge is 0.160 e. The van der Waals surface area contributed by atoms with Crippen molar-refractivity contribution in [1.82, 2.24) is 4.98 Å². The molecule has 1 aliphatic heterocycles. The van der Waals surface area contributed by atoms with Crippen LogP contribution >= 0.6 is 0 Å². The van der Waals surface area contributed by atoms with Crippen LogP contribution in [0.5, 0.6) is 0 Å². The molecule has 1 aliphatic carbocycles. The van der Waals surface area contributed by atoms with Gasteiger partial charge in [-0.2, -0.15) is 0 Å². The highest BCUT2D eigenvalue weighted by atomic mass is 19.2. The molecule has 2 aliphatic rings. The summed E-state index contributed by atoms with van der Waals surface area (Å²) in [5.41, 5.74) is 7.64. The summed E-state index contributed by atoms with van der Waals surface area (Å²) in [6, 6.07) is 9.23. The fraction of sp³-hybridized carbons (Fsp3) is 0.348. The van der Waals surface area contributed by atoms with E-state index in [2.05, 4.69) is 28.5 Å². The van der Waals surface area contributed by atoms with E-state index < -0.39 is 11.6 Å². The number of hydrogen-bond acceptors (Lipinski definition) is 2. The molecule has 2 heterocycles. The van der Waals surface area contributed by atoms with Crippen molar-refractivity contribution in [2.45, 2.75) is 38.5 Å². The Labute approximate surface area is 162 Å². The van der Waals surface area contributed by atoms with Crippen LogP contribution in [0.4, 0.5) is 14.5 Å². The largest absolute Gasteiger partial charge is 0.385 e. The minimum Gasteiger partial charge on any atom is -0.385 e. The minimum absolute atomic E-state index is 0.652. The number of fused-ring (bicyclic) bond motifs is 4. The molecule has 0 saturated heterocycles. The minimum atomic E-state index is -0.814. The predicted octanol–water partition coefficient (Wildman–Crippen LogP) is 5.17. The van der Waals surface area contributed by atoms with Crippen molar-refractivity contribution in [2.24, 2.45) is 4.99 Å². The molecular formula is C23H23F2N3. The molecule has 3 nitrogen and oxygen atoms in total. The molecule has 0 unspecified atom stereocenters. The molecule has 2 aromatic carbocycles. The van der Waals surface area contributed by atoms with E-state index in [4.69, 9.17) is 4.99 Å². The summed E-state index contributed by atoms with van der Waals surface area (Å²) < 4.78 is 27.3. The second-order valence-electron chi connectivity index (χ2n) is 7.74. The van der Waals surface area contributed by atoms with Crippen molar-refractivity contribution in [1.29, 1.82) is 0 Å². The first-order valence-corrected chi connectivity index (χ1v) is 10.1. The van der Waals surface area contributed by atoms with Crippen molar-refractivity contribution >= 4 is 22.3 Å². The van der Waals surface area contributed by atoms with E-state index >= 15 is 0 Å². The van der Waals surface area contributed by atoms with Gasteiger partial charge in [0.1, 0.15) is 0 Å². The number of nitrogens with one attached hydrogen (secondary N) is 2.